The van der Waals surface area contributed by atoms with E-state index in [-0.39, 0.29) is 18.0 Å². The van der Waals surface area contributed by atoms with Crippen LogP contribution in [0.3, 0.4) is 0 Å². The number of hydrogen-bond donors (Lipinski definition) is 1. The number of hydrogen-bond acceptors (Lipinski definition) is 5. The molecule has 1 atom stereocenters. The topological polar surface area (TPSA) is 89.7 Å². The Morgan fingerprint density at radius 2 is 2.06 bits per heavy atom. The second-order valence-electron chi connectivity index (χ2n) is 3.31. The van der Waals surface area contributed by atoms with Gasteiger partial charge in [0.25, 0.3) is 5.09 Å². The molecule has 0 heterocycles. The monoisotopic (exact) mass is 225 g/mol. The van der Waals surface area contributed by atoms with E-state index in [1.807, 2.05) is 0 Å². The van der Waals surface area contributed by atoms with E-state index in [2.05, 4.69) is 4.84 Å². The molecule has 1 aromatic carbocycles. The van der Waals surface area contributed by atoms with Crippen molar-refractivity contribution in [2.45, 2.75) is 19.4 Å². The molecule has 0 aliphatic rings. The van der Waals surface area contributed by atoms with Gasteiger partial charge < -0.3 is 5.11 Å². The van der Waals surface area contributed by atoms with Gasteiger partial charge in [0.15, 0.2) is 0 Å². The van der Waals surface area contributed by atoms with Gasteiger partial charge in [-0.15, -0.1) is 10.1 Å². The van der Waals surface area contributed by atoms with Crippen LogP contribution < -0.4 is 4.84 Å². The molecule has 0 spiro atoms. The van der Waals surface area contributed by atoms with Crippen molar-refractivity contribution in [3.63, 3.8) is 0 Å². The normalized spacial score (nSPS) is 11.9. The highest BCUT2D eigenvalue weighted by Gasteiger charge is 2.10. The lowest BCUT2D eigenvalue weighted by Crippen LogP contribution is -2.05. The van der Waals surface area contributed by atoms with Crippen LogP contribution in [0.5, 0.6) is 5.75 Å². The summed E-state index contributed by atoms with van der Waals surface area (Å²) in [5.74, 6) is -0.0538. The Hall–Kier alpha value is -1.95. The Kier molecular flexibility index (Phi) is 3.96. The molecule has 0 saturated heterocycles. The first kappa shape index (κ1) is 12.1. The van der Waals surface area contributed by atoms with Crippen molar-refractivity contribution in [1.82, 2.24) is 0 Å². The van der Waals surface area contributed by atoms with Gasteiger partial charge in [-0.05, 0) is 24.6 Å². The Labute approximate surface area is 91.6 Å². The number of carbonyl (C=O) groups is 1. The van der Waals surface area contributed by atoms with E-state index in [1.54, 1.807) is 0 Å². The highest BCUT2D eigenvalue weighted by atomic mass is 17.0. The average molecular weight is 225 g/mol. The van der Waals surface area contributed by atoms with Crippen molar-refractivity contribution < 1.29 is 19.8 Å². The van der Waals surface area contributed by atoms with Crippen LogP contribution in [0.1, 0.15) is 25.0 Å². The summed E-state index contributed by atoms with van der Waals surface area (Å²) in [7, 11) is 0. The number of aliphatic hydroxyl groups excluding tert-OH is 1. The molecule has 86 valence electrons. The van der Waals surface area contributed by atoms with Gasteiger partial charge in [0, 0.05) is 6.42 Å². The van der Waals surface area contributed by atoms with Crippen molar-refractivity contribution in [3.8, 4) is 5.75 Å². The SMILES string of the molecule is CC(=O)C[C@H](O)c1ccc(O[N+](=O)[O-])cc1. The summed E-state index contributed by atoms with van der Waals surface area (Å²) in [6.45, 7) is 1.38. The third-order valence-corrected chi connectivity index (χ3v) is 1.93. The Morgan fingerprint density at radius 3 is 2.50 bits per heavy atom. The predicted octanol–water partition coefficient (Wildman–Crippen LogP) is 1.27. The fraction of sp³-hybridized carbons (Fsp3) is 0.300. The lowest BCUT2D eigenvalue weighted by Gasteiger charge is -2.09. The van der Waals surface area contributed by atoms with Gasteiger partial charge in [-0.3, -0.25) is 9.63 Å². The van der Waals surface area contributed by atoms with Crippen LogP contribution >= 0.6 is 0 Å². The highest BCUT2D eigenvalue weighted by Crippen LogP contribution is 2.20. The lowest BCUT2D eigenvalue weighted by atomic mass is 10.1. The van der Waals surface area contributed by atoms with Gasteiger partial charge in [-0.1, -0.05) is 12.1 Å². The molecule has 0 unspecified atom stereocenters. The van der Waals surface area contributed by atoms with Crippen molar-refractivity contribution in [3.05, 3.63) is 39.9 Å². The number of nitrogens with zero attached hydrogens (tertiary/aromatic N) is 1. The van der Waals surface area contributed by atoms with Gasteiger partial charge in [0.05, 0.1) is 6.10 Å². The largest absolute Gasteiger partial charge is 0.388 e. The zero-order valence-corrected chi connectivity index (χ0v) is 8.62. The quantitative estimate of drug-likeness (QED) is 0.602. The summed E-state index contributed by atoms with van der Waals surface area (Å²) in [5, 5.41) is 18.7. The van der Waals surface area contributed by atoms with Crippen molar-refractivity contribution >= 4 is 5.78 Å². The molecule has 0 radical (unpaired) electrons. The molecule has 1 aromatic rings. The van der Waals surface area contributed by atoms with Gasteiger partial charge in [0.2, 0.25) is 0 Å². The number of rotatable bonds is 5. The van der Waals surface area contributed by atoms with Crippen molar-refractivity contribution in [2.24, 2.45) is 0 Å². The molecular weight excluding hydrogens is 214 g/mol. The van der Waals surface area contributed by atoms with E-state index in [0.717, 1.165) is 0 Å². The molecule has 1 N–H and O–H groups in total. The zero-order chi connectivity index (χ0) is 12.1. The van der Waals surface area contributed by atoms with Crippen LogP contribution in [0.2, 0.25) is 0 Å². The first-order valence-electron chi connectivity index (χ1n) is 4.59. The maximum absolute atomic E-state index is 10.8. The summed E-state index contributed by atoms with van der Waals surface area (Å²) < 4.78 is 0. The van der Waals surface area contributed by atoms with E-state index >= 15 is 0 Å². The minimum Gasteiger partial charge on any atom is -0.388 e. The number of carbonyl (C=O) groups excluding carboxylic acids is 1. The minimum absolute atomic E-state index is 0.0233. The average Bonchev–Trinajstić information content (AvgIpc) is 2.16. The van der Waals surface area contributed by atoms with Crippen LogP contribution in [0.15, 0.2) is 24.3 Å². The van der Waals surface area contributed by atoms with E-state index in [4.69, 9.17) is 0 Å². The standard InChI is InChI=1S/C10H11NO5/c1-7(12)6-10(13)8-2-4-9(5-3-8)16-11(14)15/h2-5,10,13H,6H2,1H3/t10-/m0/s1. The predicted molar refractivity (Wildman–Crippen MR) is 54.3 cm³/mol. The molecule has 0 amide bonds. The minimum atomic E-state index is -0.916. The summed E-state index contributed by atoms with van der Waals surface area (Å²) in [6.07, 6.45) is -0.864. The first-order valence-corrected chi connectivity index (χ1v) is 4.59. The summed E-state index contributed by atoms with van der Waals surface area (Å²) in [4.78, 5) is 25.0. The molecule has 0 saturated carbocycles. The maximum Gasteiger partial charge on any atom is 0.299 e. The van der Waals surface area contributed by atoms with E-state index < -0.39 is 11.2 Å². The molecule has 0 fully saturated rings. The summed E-state index contributed by atoms with van der Waals surface area (Å²) >= 11 is 0. The second-order valence-corrected chi connectivity index (χ2v) is 3.31. The molecule has 0 aliphatic carbocycles. The van der Waals surface area contributed by atoms with Gasteiger partial charge in [0.1, 0.15) is 11.5 Å². The van der Waals surface area contributed by atoms with Gasteiger partial charge in [-0.2, -0.15) is 0 Å². The molecule has 0 aromatic heterocycles. The number of ketones is 1. The smallest absolute Gasteiger partial charge is 0.299 e. The zero-order valence-electron chi connectivity index (χ0n) is 8.62. The fourth-order valence-corrected chi connectivity index (χ4v) is 1.23. The highest BCUT2D eigenvalue weighted by molar-refractivity contribution is 5.76. The first-order chi connectivity index (χ1) is 7.49. The van der Waals surface area contributed by atoms with E-state index in [1.165, 1.54) is 31.2 Å². The Morgan fingerprint density at radius 1 is 1.50 bits per heavy atom. The molecule has 0 aliphatic heterocycles. The van der Waals surface area contributed by atoms with Crippen LogP contribution in [-0.4, -0.2) is 16.0 Å². The van der Waals surface area contributed by atoms with Crippen LogP contribution in [0, 0.1) is 10.1 Å². The molecule has 1 rings (SSSR count). The number of aliphatic hydroxyl groups is 1. The van der Waals surface area contributed by atoms with Crippen molar-refractivity contribution in [1.29, 1.82) is 0 Å². The number of benzene rings is 1. The van der Waals surface area contributed by atoms with Crippen LogP contribution in [0.25, 0.3) is 0 Å². The molecule has 0 bridgehead atoms. The molecule has 16 heavy (non-hydrogen) atoms. The van der Waals surface area contributed by atoms with E-state index in [0.29, 0.717) is 5.56 Å². The third kappa shape index (κ3) is 3.66. The van der Waals surface area contributed by atoms with Gasteiger partial charge >= 0.3 is 0 Å². The summed E-state index contributed by atoms with van der Waals surface area (Å²) in [6, 6.07) is 5.68. The molecule has 6 heteroatoms. The maximum atomic E-state index is 10.8. The Bertz CT molecular complexity index is 387. The van der Waals surface area contributed by atoms with Crippen LogP contribution in [0.4, 0.5) is 0 Å². The fourth-order valence-electron chi connectivity index (χ4n) is 1.23. The second kappa shape index (κ2) is 5.22. The third-order valence-electron chi connectivity index (χ3n) is 1.93. The molecule has 6 nitrogen and oxygen atoms in total. The lowest BCUT2D eigenvalue weighted by molar-refractivity contribution is -0.711. The van der Waals surface area contributed by atoms with Crippen LogP contribution in [-0.2, 0) is 4.79 Å². The van der Waals surface area contributed by atoms with Gasteiger partial charge in [-0.25, -0.2) is 0 Å². The summed E-state index contributed by atoms with van der Waals surface area (Å²) in [5.41, 5.74) is 0.519. The van der Waals surface area contributed by atoms with E-state index in [9.17, 15) is 20.0 Å². The van der Waals surface area contributed by atoms with Crippen molar-refractivity contribution in [2.75, 3.05) is 0 Å². The molecular formula is C10H11NO5. The Balaban J connectivity index is 2.70. The number of Topliss-reactive ketones (excluding diaryl/α,β-unsaturated/α-hetero) is 1.